The zero-order valence-corrected chi connectivity index (χ0v) is 18.8. The molecule has 4 rings (SSSR count). The van der Waals surface area contributed by atoms with E-state index < -0.39 is 0 Å². The maximum Gasteiger partial charge on any atom is 0.226 e. The minimum Gasteiger partial charge on any atom is -0.339 e. The highest BCUT2D eigenvalue weighted by Crippen LogP contribution is 2.18. The van der Waals surface area contributed by atoms with Gasteiger partial charge in [0.1, 0.15) is 11.6 Å². The molecule has 0 aliphatic carbocycles. The lowest BCUT2D eigenvalue weighted by molar-refractivity contribution is -0.132. The molecule has 6 nitrogen and oxygen atoms in total. The van der Waals surface area contributed by atoms with Gasteiger partial charge in [0, 0.05) is 31.5 Å². The first kappa shape index (κ1) is 23.8. The van der Waals surface area contributed by atoms with E-state index in [4.69, 9.17) is 9.78 Å². The van der Waals surface area contributed by atoms with Crippen LogP contribution in [0.25, 0.3) is 11.4 Å². The van der Waals surface area contributed by atoms with Gasteiger partial charge in [-0.25, -0.2) is 8.78 Å². The normalized spacial score (nSPS) is 10.7. The molecule has 0 unspecified atom stereocenters. The lowest BCUT2D eigenvalue weighted by Gasteiger charge is -2.23. The van der Waals surface area contributed by atoms with E-state index in [0.29, 0.717) is 47.8 Å². The second kappa shape index (κ2) is 11.2. The molecule has 3 aromatic carbocycles. The zero-order valence-electron chi connectivity index (χ0n) is 18.8. The summed E-state index contributed by atoms with van der Waals surface area (Å²) in [4.78, 5) is 19.1. The third kappa shape index (κ3) is 6.58. The van der Waals surface area contributed by atoms with Crippen LogP contribution in [0.2, 0.25) is 0 Å². The molecule has 1 heterocycles. The highest BCUT2D eigenvalue weighted by molar-refractivity contribution is 5.76. The Balaban J connectivity index is 1.39. The molecule has 0 aliphatic heterocycles. The number of aromatic nitrogens is 2. The number of benzene rings is 3. The number of hydrogen-bond acceptors (Lipinski definition) is 5. The molecule has 35 heavy (non-hydrogen) atoms. The molecule has 1 aromatic heterocycles. The van der Waals surface area contributed by atoms with Crippen molar-refractivity contribution in [1.82, 2.24) is 15.0 Å². The Labute approximate surface area is 201 Å². The van der Waals surface area contributed by atoms with Crippen molar-refractivity contribution in [2.24, 2.45) is 0 Å². The summed E-state index contributed by atoms with van der Waals surface area (Å²) >= 11 is 0. The van der Waals surface area contributed by atoms with Crippen molar-refractivity contribution >= 4 is 5.91 Å². The highest BCUT2D eigenvalue weighted by Gasteiger charge is 2.16. The van der Waals surface area contributed by atoms with E-state index in [1.807, 2.05) is 0 Å². The van der Waals surface area contributed by atoms with Crippen molar-refractivity contribution in [3.63, 3.8) is 0 Å². The average Bonchev–Trinajstić information content (AvgIpc) is 3.33. The summed E-state index contributed by atoms with van der Waals surface area (Å²) < 4.78 is 32.1. The fourth-order valence-electron chi connectivity index (χ4n) is 3.61. The zero-order chi connectivity index (χ0) is 24.6. The van der Waals surface area contributed by atoms with Crippen molar-refractivity contribution in [3.8, 4) is 17.5 Å². The van der Waals surface area contributed by atoms with Crippen LogP contribution in [-0.4, -0.2) is 20.9 Å². The summed E-state index contributed by atoms with van der Waals surface area (Å²) in [5, 5.41) is 12.9. The van der Waals surface area contributed by atoms with Crippen LogP contribution in [0.15, 0.2) is 77.3 Å². The Morgan fingerprint density at radius 2 is 1.69 bits per heavy atom. The second-order valence-electron chi connectivity index (χ2n) is 8.06. The van der Waals surface area contributed by atoms with Gasteiger partial charge >= 0.3 is 0 Å². The molecule has 0 aliphatic rings. The number of aryl methyl sites for hydroxylation is 1. The summed E-state index contributed by atoms with van der Waals surface area (Å²) in [6, 6.07) is 21.0. The second-order valence-corrected chi connectivity index (χ2v) is 8.06. The van der Waals surface area contributed by atoms with Crippen molar-refractivity contribution in [3.05, 3.63) is 107 Å². The van der Waals surface area contributed by atoms with Crippen molar-refractivity contribution in [2.75, 3.05) is 0 Å². The van der Waals surface area contributed by atoms with Crippen LogP contribution >= 0.6 is 0 Å². The number of carbonyl (C=O) groups excluding carboxylic acids is 1. The fourth-order valence-corrected chi connectivity index (χ4v) is 3.61. The van der Waals surface area contributed by atoms with Crippen LogP contribution in [0.3, 0.4) is 0 Å². The third-order valence-electron chi connectivity index (χ3n) is 5.42. The van der Waals surface area contributed by atoms with E-state index in [1.54, 1.807) is 53.4 Å². The number of nitrogens with zero attached hydrogens (tertiary/aromatic N) is 4. The van der Waals surface area contributed by atoms with Crippen molar-refractivity contribution in [1.29, 1.82) is 5.26 Å². The Morgan fingerprint density at radius 1 is 0.943 bits per heavy atom. The van der Waals surface area contributed by atoms with Gasteiger partial charge in [0.25, 0.3) is 0 Å². The van der Waals surface area contributed by atoms with Crippen LogP contribution in [-0.2, 0) is 24.3 Å². The van der Waals surface area contributed by atoms with Crippen LogP contribution in [0.4, 0.5) is 8.78 Å². The summed E-state index contributed by atoms with van der Waals surface area (Å²) in [6.07, 6.45) is 1.13. The summed E-state index contributed by atoms with van der Waals surface area (Å²) in [5.74, 6) is -0.0564. The maximum atomic E-state index is 13.7. The third-order valence-corrected chi connectivity index (χ3v) is 5.42. The van der Waals surface area contributed by atoms with Gasteiger partial charge < -0.3 is 9.42 Å². The first-order valence-electron chi connectivity index (χ1n) is 11.1. The molecule has 0 saturated heterocycles. The maximum absolute atomic E-state index is 13.7. The molecule has 8 heteroatoms. The number of halogens is 2. The Bertz CT molecular complexity index is 1330. The average molecular weight is 472 g/mol. The number of hydrogen-bond donors (Lipinski definition) is 0. The molecule has 0 radical (unpaired) electrons. The van der Waals surface area contributed by atoms with E-state index in [0.717, 1.165) is 5.56 Å². The summed E-state index contributed by atoms with van der Waals surface area (Å²) in [7, 11) is 0. The highest BCUT2D eigenvalue weighted by atomic mass is 19.1. The van der Waals surface area contributed by atoms with E-state index in [-0.39, 0.29) is 30.5 Å². The predicted octanol–water partition coefficient (Wildman–Crippen LogP) is 5.44. The Morgan fingerprint density at radius 3 is 2.40 bits per heavy atom. The van der Waals surface area contributed by atoms with E-state index in [2.05, 4.69) is 16.2 Å². The van der Waals surface area contributed by atoms with Gasteiger partial charge in [-0.15, -0.1) is 0 Å². The topological polar surface area (TPSA) is 83.0 Å². The van der Waals surface area contributed by atoms with Gasteiger partial charge in [0.15, 0.2) is 0 Å². The summed E-state index contributed by atoms with van der Waals surface area (Å²) in [5.41, 5.74) is 2.74. The molecule has 4 aromatic rings. The molecular weight excluding hydrogens is 450 g/mol. The minimum atomic E-state index is -0.360. The first-order valence-corrected chi connectivity index (χ1v) is 11.1. The monoisotopic (exact) mass is 472 g/mol. The quantitative estimate of drug-likeness (QED) is 0.324. The standard InChI is InChI=1S/C27H22F2N4O2/c28-23-13-11-22(12-14-23)27-31-25(35-32-27)5-2-6-26(34)33(18-21-3-1-4-24(29)15-21)17-20-9-7-19(16-30)8-10-20/h1,3-4,7-15H,2,5-6,17-18H2. The lowest BCUT2D eigenvalue weighted by Crippen LogP contribution is -2.30. The van der Waals surface area contributed by atoms with Crippen molar-refractivity contribution in [2.45, 2.75) is 32.4 Å². The molecular formula is C27H22F2N4O2. The van der Waals surface area contributed by atoms with Gasteiger partial charge in [-0.3, -0.25) is 4.79 Å². The molecule has 0 N–H and O–H groups in total. The number of carbonyl (C=O) groups is 1. The summed E-state index contributed by atoms with van der Waals surface area (Å²) in [6.45, 7) is 0.586. The largest absolute Gasteiger partial charge is 0.339 e. The number of nitriles is 1. The lowest BCUT2D eigenvalue weighted by atomic mass is 10.1. The smallest absolute Gasteiger partial charge is 0.226 e. The number of amides is 1. The van der Waals surface area contributed by atoms with Gasteiger partial charge in [-0.2, -0.15) is 10.2 Å². The van der Waals surface area contributed by atoms with Gasteiger partial charge in [0.2, 0.25) is 17.6 Å². The molecule has 0 atom stereocenters. The van der Waals surface area contributed by atoms with Crippen LogP contribution in [0.5, 0.6) is 0 Å². The molecule has 0 fully saturated rings. The Hall–Kier alpha value is -4.38. The van der Waals surface area contributed by atoms with E-state index in [1.165, 1.54) is 24.3 Å². The molecule has 0 saturated carbocycles. The van der Waals surface area contributed by atoms with Crippen LogP contribution in [0.1, 0.15) is 35.4 Å². The van der Waals surface area contributed by atoms with Crippen molar-refractivity contribution < 1.29 is 18.1 Å². The van der Waals surface area contributed by atoms with Gasteiger partial charge in [-0.05, 0) is 66.1 Å². The fraction of sp³-hybridized carbons (Fsp3) is 0.185. The van der Waals surface area contributed by atoms with Crippen LogP contribution in [0, 0.1) is 23.0 Å². The Kier molecular flexibility index (Phi) is 7.58. The molecule has 0 bridgehead atoms. The van der Waals surface area contributed by atoms with Gasteiger partial charge in [0.05, 0.1) is 11.6 Å². The van der Waals surface area contributed by atoms with Crippen LogP contribution < -0.4 is 0 Å². The predicted molar refractivity (Wildman–Crippen MR) is 124 cm³/mol. The SMILES string of the molecule is N#Cc1ccc(CN(Cc2cccc(F)c2)C(=O)CCCc2nc(-c3ccc(F)cc3)no2)cc1. The first-order chi connectivity index (χ1) is 17.0. The van der Waals surface area contributed by atoms with E-state index in [9.17, 15) is 13.6 Å². The molecule has 1 amide bonds. The van der Waals surface area contributed by atoms with Gasteiger partial charge in [-0.1, -0.05) is 29.4 Å². The van der Waals surface area contributed by atoms with E-state index >= 15 is 0 Å². The number of rotatable bonds is 9. The molecule has 176 valence electrons. The minimum absolute atomic E-state index is 0.100. The molecule has 0 spiro atoms.